The first-order chi connectivity index (χ1) is 12.7. The van der Waals surface area contributed by atoms with Crippen LogP contribution in [-0.4, -0.2) is 74.6 Å². The van der Waals surface area contributed by atoms with Crippen molar-refractivity contribution in [3.8, 4) is 0 Å². The molecule has 1 aliphatic rings. The average Bonchev–Trinajstić information content (AvgIpc) is 2.66. The van der Waals surface area contributed by atoms with E-state index >= 15 is 0 Å². The summed E-state index contributed by atoms with van der Waals surface area (Å²) in [5, 5.41) is 17.1. The Balaban J connectivity index is 1.77. The first kappa shape index (κ1) is 20.7. The first-order valence-corrected chi connectivity index (χ1v) is 9.69. The van der Waals surface area contributed by atoms with Crippen LogP contribution in [0, 0.1) is 0 Å². The molecule has 3 N–H and O–H groups in total. The second-order valence-corrected chi connectivity index (χ2v) is 6.82. The smallest absolute Gasteiger partial charge is 0.191 e. The number of ether oxygens (including phenoxy) is 1. The number of rotatable bonds is 9. The van der Waals surface area contributed by atoms with Gasteiger partial charge < -0.3 is 25.4 Å². The van der Waals surface area contributed by atoms with E-state index in [2.05, 4.69) is 27.4 Å². The third-order valence-electron chi connectivity index (χ3n) is 4.66. The van der Waals surface area contributed by atoms with E-state index < -0.39 is 6.10 Å². The van der Waals surface area contributed by atoms with E-state index in [4.69, 9.17) is 4.74 Å². The Bertz CT molecular complexity index is 516. The standard InChI is InChI=1S/C20H34N4O2/c1-3-21-20(22-16-19(25)15-17-7-5-4-6-8-17)23-18-9-11-24(12-10-18)13-14-26-2/h4-8,18-19,25H,3,9-16H2,1-2H3,(H2,21,22,23). The summed E-state index contributed by atoms with van der Waals surface area (Å²) >= 11 is 0. The first-order valence-electron chi connectivity index (χ1n) is 9.69. The Morgan fingerprint density at radius 1 is 1.31 bits per heavy atom. The van der Waals surface area contributed by atoms with Gasteiger partial charge in [-0.15, -0.1) is 0 Å². The number of piperidine rings is 1. The lowest BCUT2D eigenvalue weighted by Gasteiger charge is -2.32. The molecule has 1 heterocycles. The number of hydrogen-bond acceptors (Lipinski definition) is 4. The van der Waals surface area contributed by atoms with Gasteiger partial charge in [0.2, 0.25) is 0 Å². The van der Waals surface area contributed by atoms with Crippen LogP contribution in [0.5, 0.6) is 0 Å². The van der Waals surface area contributed by atoms with Gasteiger partial charge in [0.15, 0.2) is 5.96 Å². The average molecular weight is 363 g/mol. The molecule has 146 valence electrons. The zero-order chi connectivity index (χ0) is 18.6. The molecule has 26 heavy (non-hydrogen) atoms. The molecule has 1 aliphatic heterocycles. The van der Waals surface area contributed by atoms with Crippen LogP contribution in [0.2, 0.25) is 0 Å². The van der Waals surface area contributed by atoms with E-state index in [1.165, 1.54) is 0 Å². The predicted molar refractivity (Wildman–Crippen MR) is 107 cm³/mol. The van der Waals surface area contributed by atoms with Crippen molar-refractivity contribution < 1.29 is 9.84 Å². The molecule has 6 nitrogen and oxygen atoms in total. The second-order valence-electron chi connectivity index (χ2n) is 6.82. The summed E-state index contributed by atoms with van der Waals surface area (Å²) < 4.78 is 5.15. The summed E-state index contributed by atoms with van der Waals surface area (Å²) in [6, 6.07) is 10.5. The quantitative estimate of drug-likeness (QED) is 0.456. The fraction of sp³-hybridized carbons (Fsp3) is 0.650. The molecule has 0 amide bonds. The van der Waals surface area contributed by atoms with E-state index in [0.29, 0.717) is 19.0 Å². The number of methoxy groups -OCH3 is 1. The van der Waals surface area contributed by atoms with Crippen LogP contribution >= 0.6 is 0 Å². The molecule has 2 rings (SSSR count). The predicted octanol–water partition coefficient (Wildman–Crippen LogP) is 1.26. The number of aliphatic imine (C=N–C) groups is 1. The van der Waals surface area contributed by atoms with Crippen LogP contribution in [0.1, 0.15) is 25.3 Å². The number of nitrogens with one attached hydrogen (secondary N) is 2. The summed E-state index contributed by atoms with van der Waals surface area (Å²) in [5.41, 5.74) is 1.14. The third kappa shape index (κ3) is 7.72. The Morgan fingerprint density at radius 3 is 2.69 bits per heavy atom. The zero-order valence-electron chi connectivity index (χ0n) is 16.2. The molecule has 0 bridgehead atoms. The summed E-state index contributed by atoms with van der Waals surface area (Å²) in [6.07, 6.45) is 2.35. The fourth-order valence-corrected chi connectivity index (χ4v) is 3.18. The van der Waals surface area contributed by atoms with Gasteiger partial charge in [-0.25, -0.2) is 0 Å². The Morgan fingerprint density at radius 2 is 2.04 bits per heavy atom. The van der Waals surface area contributed by atoms with Crippen molar-refractivity contribution >= 4 is 5.96 Å². The van der Waals surface area contributed by atoms with Crippen LogP contribution in [0.25, 0.3) is 0 Å². The van der Waals surface area contributed by atoms with Crippen molar-refractivity contribution in [2.45, 2.75) is 38.3 Å². The van der Waals surface area contributed by atoms with E-state index in [0.717, 1.165) is 57.2 Å². The Labute approximate surface area is 157 Å². The summed E-state index contributed by atoms with van der Waals surface area (Å²) in [6.45, 7) is 7.23. The number of aliphatic hydroxyl groups excluding tert-OH is 1. The van der Waals surface area contributed by atoms with Crippen LogP contribution in [0.4, 0.5) is 0 Å². The van der Waals surface area contributed by atoms with Gasteiger partial charge in [-0.1, -0.05) is 30.3 Å². The molecule has 1 atom stereocenters. The van der Waals surface area contributed by atoms with Crippen LogP contribution in [0.3, 0.4) is 0 Å². The van der Waals surface area contributed by atoms with E-state index in [9.17, 15) is 5.11 Å². The SMILES string of the molecule is CCNC(=NCC(O)Cc1ccccc1)NC1CCN(CCOC)CC1. The largest absolute Gasteiger partial charge is 0.391 e. The fourth-order valence-electron chi connectivity index (χ4n) is 3.18. The van der Waals surface area contributed by atoms with Crippen molar-refractivity contribution in [1.29, 1.82) is 0 Å². The minimum absolute atomic E-state index is 0.400. The van der Waals surface area contributed by atoms with E-state index in [1.54, 1.807) is 7.11 Å². The molecule has 6 heteroatoms. The molecule has 0 aliphatic carbocycles. The Kier molecular flexibility index (Phi) is 9.45. The number of likely N-dealkylation sites (tertiary alicyclic amines) is 1. The van der Waals surface area contributed by atoms with Crippen molar-refractivity contribution in [1.82, 2.24) is 15.5 Å². The van der Waals surface area contributed by atoms with Gasteiger partial charge in [-0.3, -0.25) is 4.99 Å². The molecule has 0 saturated carbocycles. The van der Waals surface area contributed by atoms with Gasteiger partial charge in [-0.05, 0) is 25.3 Å². The zero-order valence-corrected chi connectivity index (χ0v) is 16.2. The molecule has 1 aromatic rings. The van der Waals surface area contributed by atoms with Crippen LogP contribution in [-0.2, 0) is 11.2 Å². The third-order valence-corrected chi connectivity index (χ3v) is 4.66. The highest BCUT2D eigenvalue weighted by Crippen LogP contribution is 2.10. The normalized spacial score (nSPS) is 17.9. The number of benzene rings is 1. The molecule has 0 aromatic heterocycles. The van der Waals surface area contributed by atoms with Gasteiger partial charge in [0.25, 0.3) is 0 Å². The van der Waals surface area contributed by atoms with Gasteiger partial charge in [-0.2, -0.15) is 0 Å². The molecule has 1 fully saturated rings. The van der Waals surface area contributed by atoms with E-state index in [1.807, 2.05) is 30.3 Å². The van der Waals surface area contributed by atoms with E-state index in [-0.39, 0.29) is 0 Å². The van der Waals surface area contributed by atoms with Gasteiger partial charge in [0.05, 0.1) is 19.3 Å². The molecular weight excluding hydrogens is 328 g/mol. The summed E-state index contributed by atoms with van der Waals surface area (Å²) in [5.74, 6) is 0.801. The molecule has 1 aromatic carbocycles. The monoisotopic (exact) mass is 362 g/mol. The molecule has 0 spiro atoms. The highest BCUT2D eigenvalue weighted by atomic mass is 16.5. The summed E-state index contributed by atoms with van der Waals surface area (Å²) in [7, 11) is 1.75. The van der Waals surface area contributed by atoms with Crippen molar-refractivity contribution in [2.24, 2.45) is 4.99 Å². The number of hydrogen-bond donors (Lipinski definition) is 3. The van der Waals surface area contributed by atoms with Crippen LogP contribution < -0.4 is 10.6 Å². The summed E-state index contributed by atoms with van der Waals surface area (Å²) in [4.78, 5) is 7.02. The highest BCUT2D eigenvalue weighted by Gasteiger charge is 2.19. The van der Waals surface area contributed by atoms with Gasteiger partial charge >= 0.3 is 0 Å². The lowest BCUT2D eigenvalue weighted by atomic mass is 10.1. The number of nitrogens with zero attached hydrogens (tertiary/aromatic N) is 2. The molecule has 0 radical (unpaired) electrons. The maximum atomic E-state index is 10.3. The van der Waals surface area contributed by atoms with Crippen molar-refractivity contribution in [3.63, 3.8) is 0 Å². The maximum Gasteiger partial charge on any atom is 0.191 e. The maximum absolute atomic E-state index is 10.3. The number of aliphatic hydroxyl groups is 1. The lowest BCUT2D eigenvalue weighted by molar-refractivity contribution is 0.128. The second kappa shape index (κ2) is 11.9. The minimum atomic E-state index is -0.469. The minimum Gasteiger partial charge on any atom is -0.391 e. The molecule has 1 saturated heterocycles. The molecular formula is C20H34N4O2. The van der Waals surface area contributed by atoms with Crippen LogP contribution in [0.15, 0.2) is 35.3 Å². The van der Waals surface area contributed by atoms with Crippen molar-refractivity contribution in [3.05, 3.63) is 35.9 Å². The number of guanidine groups is 1. The Hall–Kier alpha value is -1.63. The van der Waals surface area contributed by atoms with Gasteiger partial charge in [0, 0.05) is 45.8 Å². The lowest BCUT2D eigenvalue weighted by Crippen LogP contribution is -2.49. The van der Waals surface area contributed by atoms with Gasteiger partial charge in [0.1, 0.15) is 0 Å². The highest BCUT2D eigenvalue weighted by molar-refractivity contribution is 5.80. The molecule has 1 unspecified atom stereocenters. The van der Waals surface area contributed by atoms with Crippen molar-refractivity contribution in [2.75, 3.05) is 46.4 Å². The topological polar surface area (TPSA) is 69.1 Å².